The summed E-state index contributed by atoms with van der Waals surface area (Å²) in [7, 11) is 0. The van der Waals surface area contributed by atoms with Gasteiger partial charge in [0, 0.05) is 22.4 Å². The zero-order valence-electron chi connectivity index (χ0n) is 17.9. The molecule has 9 heteroatoms. The van der Waals surface area contributed by atoms with Gasteiger partial charge in [0.05, 0.1) is 17.0 Å². The van der Waals surface area contributed by atoms with Crippen molar-refractivity contribution in [3.63, 3.8) is 0 Å². The van der Waals surface area contributed by atoms with E-state index in [9.17, 15) is 0 Å². The molecule has 3 aromatic carbocycles. The third-order valence-electron chi connectivity index (χ3n) is 5.21. The quantitative estimate of drug-likeness (QED) is 0.224. The fraction of sp³-hybridized carbons (Fsp3) is 0. The molecule has 0 fully saturated rings. The summed E-state index contributed by atoms with van der Waals surface area (Å²) in [6.45, 7) is 0. The van der Waals surface area contributed by atoms with Crippen molar-refractivity contribution in [2.45, 2.75) is 0 Å². The number of anilines is 1. The highest BCUT2D eigenvalue weighted by Gasteiger charge is 2.17. The summed E-state index contributed by atoms with van der Waals surface area (Å²) in [5.74, 6) is 1.78. The number of aromatic amines is 1. The number of aromatic nitrogens is 5. The minimum Gasteiger partial charge on any atom is -0.457 e. The Kier molecular flexibility index (Phi) is 5.41. The standard InChI is InChI=1S/C25H20N8O/c26-20-14-21(15-6-8-17(9-7-15)25-30-32-33-31-25)29-23(22(20)24(27)28)16-10-12-19(13-11-16)34-18-4-2-1-3-5-18/h1-14H,(H2,26,29)(H3,27,28)(H,30,31,32,33). The first-order chi connectivity index (χ1) is 16.6. The second kappa shape index (κ2) is 8.83. The van der Waals surface area contributed by atoms with Gasteiger partial charge in [0.1, 0.15) is 17.3 Å². The maximum absolute atomic E-state index is 8.05. The minimum atomic E-state index is -0.149. The summed E-state index contributed by atoms with van der Waals surface area (Å²) in [4.78, 5) is 4.81. The number of pyridine rings is 1. The van der Waals surface area contributed by atoms with Crippen LogP contribution in [0.5, 0.6) is 11.5 Å². The molecule has 0 atom stereocenters. The van der Waals surface area contributed by atoms with Gasteiger partial charge in [-0.3, -0.25) is 5.41 Å². The number of amidine groups is 1. The molecule has 2 aromatic heterocycles. The van der Waals surface area contributed by atoms with E-state index in [-0.39, 0.29) is 5.84 Å². The Labute approximate surface area is 194 Å². The topological polar surface area (TPSA) is 152 Å². The van der Waals surface area contributed by atoms with Crippen LogP contribution in [0.3, 0.4) is 0 Å². The lowest BCUT2D eigenvalue weighted by Crippen LogP contribution is -2.16. The van der Waals surface area contributed by atoms with Crippen molar-refractivity contribution in [1.82, 2.24) is 25.6 Å². The largest absolute Gasteiger partial charge is 0.457 e. The number of H-pyrrole nitrogens is 1. The van der Waals surface area contributed by atoms with Gasteiger partial charge in [-0.25, -0.2) is 4.98 Å². The molecule has 0 aliphatic heterocycles. The second-order valence-electron chi connectivity index (χ2n) is 7.49. The Morgan fingerprint density at radius 1 is 0.824 bits per heavy atom. The van der Waals surface area contributed by atoms with Crippen LogP contribution in [0.1, 0.15) is 5.56 Å². The Balaban J connectivity index is 1.51. The number of hydrogen-bond acceptors (Lipinski definition) is 7. The van der Waals surface area contributed by atoms with Crippen LogP contribution >= 0.6 is 0 Å². The first-order valence-corrected chi connectivity index (χ1v) is 10.4. The molecule has 0 radical (unpaired) electrons. The van der Waals surface area contributed by atoms with Crippen LogP contribution in [0, 0.1) is 5.41 Å². The van der Waals surface area contributed by atoms with Gasteiger partial charge in [0.2, 0.25) is 5.82 Å². The average molecular weight is 448 g/mol. The number of nitrogens with two attached hydrogens (primary N) is 2. The average Bonchev–Trinajstić information content (AvgIpc) is 3.40. The number of nitrogen functional groups attached to an aromatic ring is 2. The molecule has 0 bridgehead atoms. The van der Waals surface area contributed by atoms with E-state index < -0.39 is 0 Å². The maximum Gasteiger partial charge on any atom is 0.204 e. The highest BCUT2D eigenvalue weighted by atomic mass is 16.5. The summed E-state index contributed by atoms with van der Waals surface area (Å²) >= 11 is 0. The van der Waals surface area contributed by atoms with E-state index in [1.807, 2.05) is 78.9 Å². The molecule has 34 heavy (non-hydrogen) atoms. The van der Waals surface area contributed by atoms with Gasteiger partial charge in [0.15, 0.2) is 0 Å². The van der Waals surface area contributed by atoms with E-state index in [0.717, 1.165) is 22.4 Å². The molecule has 5 aromatic rings. The molecule has 0 saturated heterocycles. The van der Waals surface area contributed by atoms with Crippen molar-refractivity contribution in [1.29, 1.82) is 5.41 Å². The van der Waals surface area contributed by atoms with Gasteiger partial charge in [0.25, 0.3) is 0 Å². The lowest BCUT2D eigenvalue weighted by Gasteiger charge is -2.14. The molecule has 5 rings (SSSR count). The van der Waals surface area contributed by atoms with Gasteiger partial charge in [-0.1, -0.05) is 42.5 Å². The lowest BCUT2D eigenvalue weighted by molar-refractivity contribution is 0.483. The predicted molar refractivity (Wildman–Crippen MR) is 130 cm³/mol. The normalized spacial score (nSPS) is 10.7. The van der Waals surface area contributed by atoms with Gasteiger partial charge < -0.3 is 16.2 Å². The first kappa shape index (κ1) is 20.8. The number of benzene rings is 3. The molecule has 9 nitrogen and oxygen atoms in total. The second-order valence-corrected chi connectivity index (χ2v) is 7.49. The molecule has 0 saturated carbocycles. The van der Waals surface area contributed by atoms with Crippen LogP contribution < -0.4 is 16.2 Å². The minimum absolute atomic E-state index is 0.149. The van der Waals surface area contributed by atoms with E-state index >= 15 is 0 Å². The number of ether oxygens (including phenoxy) is 1. The van der Waals surface area contributed by atoms with Crippen molar-refractivity contribution < 1.29 is 4.74 Å². The summed E-state index contributed by atoms with van der Waals surface area (Å²) in [6, 6.07) is 26.2. The summed E-state index contributed by atoms with van der Waals surface area (Å²) in [5.41, 5.74) is 16.6. The molecular formula is C25H20N8O. The van der Waals surface area contributed by atoms with Gasteiger partial charge in [-0.2, -0.15) is 5.21 Å². The third-order valence-corrected chi connectivity index (χ3v) is 5.21. The summed E-state index contributed by atoms with van der Waals surface area (Å²) in [6.07, 6.45) is 0. The fourth-order valence-corrected chi connectivity index (χ4v) is 3.58. The van der Waals surface area contributed by atoms with Crippen molar-refractivity contribution in [3.8, 4) is 45.4 Å². The monoisotopic (exact) mass is 448 g/mol. The SMILES string of the molecule is N=C(N)c1c(N)cc(-c2ccc(-c3nn[nH]n3)cc2)nc1-c1ccc(Oc2ccccc2)cc1. The Hall–Kier alpha value is -5.05. The molecule has 0 spiro atoms. The van der Waals surface area contributed by atoms with Crippen molar-refractivity contribution in [2.24, 2.45) is 5.73 Å². The van der Waals surface area contributed by atoms with Crippen molar-refractivity contribution in [3.05, 3.63) is 90.5 Å². The number of rotatable bonds is 6. The van der Waals surface area contributed by atoms with E-state index in [1.165, 1.54) is 0 Å². The summed E-state index contributed by atoms with van der Waals surface area (Å²) < 4.78 is 5.88. The number of tetrazole rings is 1. The fourth-order valence-electron chi connectivity index (χ4n) is 3.58. The highest BCUT2D eigenvalue weighted by molar-refractivity contribution is 6.05. The van der Waals surface area contributed by atoms with Crippen LogP contribution in [-0.4, -0.2) is 31.4 Å². The number of hydrogen-bond donors (Lipinski definition) is 4. The summed E-state index contributed by atoms with van der Waals surface area (Å²) in [5, 5.41) is 22.1. The zero-order chi connectivity index (χ0) is 23.5. The lowest BCUT2D eigenvalue weighted by atomic mass is 10.00. The maximum atomic E-state index is 8.05. The van der Waals surface area contributed by atoms with Crippen LogP contribution in [0.25, 0.3) is 33.9 Å². The molecule has 0 amide bonds. The van der Waals surface area contributed by atoms with Crippen LogP contribution in [0.2, 0.25) is 0 Å². The Bertz CT molecular complexity index is 1430. The highest BCUT2D eigenvalue weighted by Crippen LogP contribution is 2.32. The molecule has 0 aliphatic carbocycles. The van der Waals surface area contributed by atoms with Gasteiger partial charge in [-0.15, -0.1) is 10.2 Å². The van der Waals surface area contributed by atoms with E-state index in [0.29, 0.717) is 34.2 Å². The van der Waals surface area contributed by atoms with Crippen molar-refractivity contribution >= 4 is 11.5 Å². The van der Waals surface area contributed by atoms with Crippen molar-refractivity contribution in [2.75, 3.05) is 5.73 Å². The van der Waals surface area contributed by atoms with Crippen LogP contribution in [0.4, 0.5) is 5.69 Å². The molecular weight excluding hydrogens is 428 g/mol. The predicted octanol–water partition coefficient (Wildman–Crippen LogP) is 4.25. The van der Waals surface area contributed by atoms with E-state index in [2.05, 4.69) is 20.6 Å². The van der Waals surface area contributed by atoms with E-state index in [4.69, 9.17) is 26.6 Å². The molecule has 2 heterocycles. The van der Waals surface area contributed by atoms with Crippen LogP contribution in [0.15, 0.2) is 84.9 Å². The van der Waals surface area contributed by atoms with Crippen LogP contribution in [-0.2, 0) is 0 Å². The molecule has 0 aliphatic rings. The van der Waals surface area contributed by atoms with E-state index in [1.54, 1.807) is 6.07 Å². The Morgan fingerprint density at radius 3 is 2.12 bits per heavy atom. The Morgan fingerprint density at radius 2 is 1.47 bits per heavy atom. The third kappa shape index (κ3) is 4.17. The number of nitrogens with zero attached hydrogens (tertiary/aromatic N) is 4. The molecule has 6 N–H and O–H groups in total. The number of para-hydroxylation sites is 1. The molecule has 166 valence electrons. The zero-order valence-corrected chi connectivity index (χ0v) is 17.9. The smallest absolute Gasteiger partial charge is 0.204 e. The molecule has 0 unspecified atom stereocenters. The first-order valence-electron chi connectivity index (χ1n) is 10.4. The number of nitrogens with one attached hydrogen (secondary N) is 2. The van der Waals surface area contributed by atoms with Gasteiger partial charge in [-0.05, 0) is 47.7 Å². The van der Waals surface area contributed by atoms with Gasteiger partial charge >= 0.3 is 0 Å².